The number of hydrogen-bond acceptors (Lipinski definition) is 6. The number of fused-ring (bicyclic) bond motifs is 1. The van der Waals surface area contributed by atoms with Crippen molar-refractivity contribution in [1.29, 1.82) is 0 Å². The van der Waals surface area contributed by atoms with Crippen molar-refractivity contribution in [2.24, 2.45) is 5.73 Å². The highest BCUT2D eigenvalue weighted by atomic mass is 16.5. The summed E-state index contributed by atoms with van der Waals surface area (Å²) < 4.78 is 11.6. The zero-order valence-electron chi connectivity index (χ0n) is 16.6. The third kappa shape index (κ3) is 5.84. The van der Waals surface area contributed by atoms with E-state index in [0.29, 0.717) is 38.8 Å². The second kappa shape index (κ2) is 10.5. The van der Waals surface area contributed by atoms with Crippen LogP contribution in [-0.4, -0.2) is 54.8 Å². The highest BCUT2D eigenvalue weighted by Crippen LogP contribution is 2.30. The fraction of sp³-hybridized carbons (Fsp3) is 0.478. The second-order valence-corrected chi connectivity index (χ2v) is 7.46. The van der Waals surface area contributed by atoms with Gasteiger partial charge in [-0.3, -0.25) is 0 Å². The van der Waals surface area contributed by atoms with Gasteiger partial charge in [0.15, 0.2) is 0 Å². The van der Waals surface area contributed by atoms with Crippen LogP contribution >= 0.6 is 0 Å². The molecule has 3 rings (SSSR count). The third-order valence-electron chi connectivity index (χ3n) is 5.19. The molecule has 6 nitrogen and oxygen atoms in total. The maximum Gasteiger partial charge on any atom is 0.142 e. The van der Waals surface area contributed by atoms with Crippen LogP contribution in [0, 0.1) is 12.3 Å². The predicted octanol–water partition coefficient (Wildman–Crippen LogP) is 1.77. The average Bonchev–Trinajstić information content (AvgIpc) is 2.75. The molecule has 1 aromatic rings. The maximum atomic E-state index is 10.2. The molecule has 0 saturated carbocycles. The molecular weight excluding hydrogens is 368 g/mol. The number of hydrogen-bond donors (Lipinski definition) is 4. The molecule has 5 N–H and O–H groups in total. The van der Waals surface area contributed by atoms with E-state index in [9.17, 15) is 10.2 Å². The first kappa shape index (κ1) is 21.4. The molecule has 0 bridgehead atoms. The second-order valence-electron chi connectivity index (χ2n) is 7.46. The normalized spacial score (nSPS) is 24.8. The van der Waals surface area contributed by atoms with Crippen molar-refractivity contribution in [2.45, 2.75) is 44.0 Å². The van der Waals surface area contributed by atoms with Gasteiger partial charge in [-0.05, 0) is 29.7 Å². The molecule has 1 fully saturated rings. The van der Waals surface area contributed by atoms with Crippen LogP contribution in [0.3, 0.4) is 0 Å². The molecule has 0 unspecified atom stereocenters. The monoisotopic (exact) mass is 398 g/mol. The van der Waals surface area contributed by atoms with Crippen LogP contribution in [0.25, 0.3) is 0 Å². The summed E-state index contributed by atoms with van der Waals surface area (Å²) in [5.74, 6) is 3.49. The van der Waals surface area contributed by atoms with Crippen LogP contribution in [0.4, 0.5) is 5.69 Å². The fourth-order valence-corrected chi connectivity index (χ4v) is 3.76. The summed E-state index contributed by atoms with van der Waals surface area (Å²) in [5.41, 5.74) is 10.1. The first-order valence-electron chi connectivity index (χ1n) is 10.1. The summed E-state index contributed by atoms with van der Waals surface area (Å²) in [4.78, 5) is 0. The Bertz CT molecular complexity index is 797. The molecule has 2 heterocycles. The molecule has 0 radical (unpaired) electrons. The molecule has 2 aliphatic heterocycles. The Hall–Kier alpha value is -2.30. The van der Waals surface area contributed by atoms with E-state index < -0.39 is 6.10 Å². The van der Waals surface area contributed by atoms with Crippen LogP contribution in [0.15, 0.2) is 41.5 Å². The number of allylic oxidation sites excluding steroid dienone is 1. The molecule has 3 atom stereocenters. The van der Waals surface area contributed by atoms with E-state index in [4.69, 9.17) is 21.6 Å². The van der Waals surface area contributed by atoms with Gasteiger partial charge in [-0.2, -0.15) is 0 Å². The molecule has 29 heavy (non-hydrogen) atoms. The molecule has 2 aliphatic rings. The summed E-state index contributed by atoms with van der Waals surface area (Å²) >= 11 is 0. The SMILES string of the molecule is C#CC/C=C(\C=C(/CN)Cc1ccc2c(c1)NCCO2)[C@H]1C[C@@H](O)C[C@@H](CO)O1. The standard InChI is InChI=1S/C23H30N2O4/c1-2-3-4-18(23-13-19(27)12-20(15-26)29-23)10-17(14-24)9-16-5-6-22-21(11-16)25-7-8-28-22/h1,4-6,10-11,19-20,23,25-27H,3,7-9,12-15,24H2/b17-10-,18-4+/t19-,20-,23+/m0/s1. The summed E-state index contributed by atoms with van der Waals surface area (Å²) in [7, 11) is 0. The number of nitrogens with two attached hydrogens (primary N) is 1. The Labute approximate surface area is 172 Å². The third-order valence-corrected chi connectivity index (χ3v) is 5.19. The number of terminal acetylenes is 1. The molecule has 156 valence electrons. The van der Waals surface area contributed by atoms with Gasteiger partial charge < -0.3 is 30.7 Å². The lowest BCUT2D eigenvalue weighted by Gasteiger charge is -2.33. The quantitative estimate of drug-likeness (QED) is 0.413. The van der Waals surface area contributed by atoms with Gasteiger partial charge in [0.1, 0.15) is 12.4 Å². The molecule has 0 aromatic heterocycles. The van der Waals surface area contributed by atoms with Gasteiger partial charge in [-0.1, -0.05) is 23.8 Å². The first-order valence-corrected chi connectivity index (χ1v) is 10.1. The highest BCUT2D eigenvalue weighted by molar-refractivity contribution is 5.59. The van der Waals surface area contributed by atoms with Gasteiger partial charge in [0, 0.05) is 32.4 Å². The summed E-state index contributed by atoms with van der Waals surface area (Å²) in [5, 5.41) is 23.0. The largest absolute Gasteiger partial charge is 0.490 e. The summed E-state index contributed by atoms with van der Waals surface area (Å²) in [6.45, 7) is 1.74. The topological polar surface area (TPSA) is 97.0 Å². The molecule has 1 aromatic carbocycles. The smallest absolute Gasteiger partial charge is 0.142 e. The van der Waals surface area contributed by atoms with E-state index in [-0.39, 0.29) is 18.8 Å². The predicted molar refractivity (Wildman–Crippen MR) is 114 cm³/mol. The fourth-order valence-electron chi connectivity index (χ4n) is 3.76. The number of ether oxygens (including phenoxy) is 2. The number of aliphatic hydroxyl groups excluding tert-OH is 2. The van der Waals surface area contributed by atoms with Crippen molar-refractivity contribution < 1.29 is 19.7 Å². The van der Waals surface area contributed by atoms with Crippen LogP contribution < -0.4 is 15.8 Å². The Balaban J connectivity index is 1.80. The molecule has 0 aliphatic carbocycles. The zero-order chi connectivity index (χ0) is 20.6. The van der Waals surface area contributed by atoms with E-state index >= 15 is 0 Å². The van der Waals surface area contributed by atoms with Gasteiger partial charge >= 0.3 is 0 Å². The van der Waals surface area contributed by atoms with Crippen molar-refractivity contribution in [3.63, 3.8) is 0 Å². The molecule has 6 heteroatoms. The Morgan fingerprint density at radius 1 is 1.38 bits per heavy atom. The lowest BCUT2D eigenvalue weighted by Crippen LogP contribution is -2.38. The van der Waals surface area contributed by atoms with Crippen LogP contribution in [-0.2, 0) is 11.2 Å². The van der Waals surface area contributed by atoms with Crippen molar-refractivity contribution >= 4 is 5.69 Å². The first-order chi connectivity index (χ1) is 14.1. The lowest BCUT2D eigenvalue weighted by atomic mass is 9.93. The van der Waals surface area contributed by atoms with Crippen LogP contribution in [0.1, 0.15) is 24.8 Å². The minimum absolute atomic E-state index is 0.117. The molecule has 1 saturated heterocycles. The number of benzene rings is 1. The number of nitrogens with one attached hydrogen (secondary N) is 1. The van der Waals surface area contributed by atoms with Gasteiger partial charge in [-0.25, -0.2) is 0 Å². The highest BCUT2D eigenvalue weighted by Gasteiger charge is 2.29. The van der Waals surface area contributed by atoms with Gasteiger partial charge in [0.25, 0.3) is 0 Å². The van der Waals surface area contributed by atoms with Crippen LogP contribution in [0.5, 0.6) is 5.75 Å². The van der Waals surface area contributed by atoms with Gasteiger partial charge in [0.05, 0.1) is 30.6 Å². The zero-order valence-corrected chi connectivity index (χ0v) is 16.6. The van der Waals surface area contributed by atoms with Crippen molar-refractivity contribution in [2.75, 3.05) is 31.6 Å². The Morgan fingerprint density at radius 2 is 2.24 bits per heavy atom. The van der Waals surface area contributed by atoms with Crippen molar-refractivity contribution in [3.8, 4) is 18.1 Å². The minimum Gasteiger partial charge on any atom is -0.490 e. The average molecular weight is 399 g/mol. The Morgan fingerprint density at radius 3 is 3.00 bits per heavy atom. The van der Waals surface area contributed by atoms with E-state index in [0.717, 1.165) is 34.7 Å². The van der Waals surface area contributed by atoms with Gasteiger partial charge in [0.2, 0.25) is 0 Å². The number of anilines is 1. The van der Waals surface area contributed by atoms with E-state index in [1.165, 1.54) is 0 Å². The summed E-state index contributed by atoms with van der Waals surface area (Å²) in [6, 6.07) is 6.11. The molecule has 0 amide bonds. The van der Waals surface area contributed by atoms with Crippen molar-refractivity contribution in [3.05, 3.63) is 47.1 Å². The Kier molecular flexibility index (Phi) is 7.73. The van der Waals surface area contributed by atoms with Crippen molar-refractivity contribution in [1.82, 2.24) is 0 Å². The molecular formula is C23H30N2O4. The molecule has 0 spiro atoms. The number of aliphatic hydroxyl groups is 2. The van der Waals surface area contributed by atoms with Crippen LogP contribution in [0.2, 0.25) is 0 Å². The van der Waals surface area contributed by atoms with Gasteiger partial charge in [-0.15, -0.1) is 12.3 Å². The number of rotatable bonds is 7. The maximum absolute atomic E-state index is 10.2. The minimum atomic E-state index is -0.512. The van der Waals surface area contributed by atoms with E-state index in [1.807, 2.05) is 24.3 Å². The summed E-state index contributed by atoms with van der Waals surface area (Å²) in [6.07, 6.45) is 10.3. The van der Waals surface area contributed by atoms with E-state index in [1.54, 1.807) is 0 Å². The lowest BCUT2D eigenvalue weighted by molar-refractivity contribution is -0.0964. The van der Waals surface area contributed by atoms with E-state index in [2.05, 4.69) is 17.3 Å².